The summed E-state index contributed by atoms with van der Waals surface area (Å²) in [4.78, 5) is 36.8. The Bertz CT molecular complexity index is 1060. The number of hydrogen-bond acceptors (Lipinski definition) is 7. The molecule has 0 atom stereocenters. The van der Waals surface area contributed by atoms with Crippen LogP contribution in [-0.2, 0) is 19.5 Å². The zero-order valence-electron chi connectivity index (χ0n) is 16.3. The number of amides is 1. The average Bonchev–Trinajstić information content (AvgIpc) is 2.71. The van der Waals surface area contributed by atoms with Gasteiger partial charge >= 0.3 is 11.9 Å². The molecule has 0 aliphatic heterocycles. The van der Waals surface area contributed by atoms with Crippen molar-refractivity contribution in [3.63, 3.8) is 0 Å². The van der Waals surface area contributed by atoms with E-state index in [1.807, 2.05) is 0 Å². The van der Waals surface area contributed by atoms with Crippen LogP contribution in [-0.4, -0.2) is 59.5 Å². The van der Waals surface area contributed by atoms with E-state index in [0.717, 1.165) is 20.3 Å². The molecule has 10 heteroatoms. The number of esters is 2. The summed E-state index contributed by atoms with van der Waals surface area (Å²) >= 11 is 0. The Morgan fingerprint density at radius 1 is 0.897 bits per heavy atom. The van der Waals surface area contributed by atoms with Gasteiger partial charge in [0, 0.05) is 25.3 Å². The van der Waals surface area contributed by atoms with Gasteiger partial charge in [-0.15, -0.1) is 0 Å². The maximum absolute atomic E-state index is 13.0. The molecule has 1 N–H and O–H groups in total. The van der Waals surface area contributed by atoms with E-state index >= 15 is 0 Å². The van der Waals surface area contributed by atoms with Crippen LogP contribution in [0.3, 0.4) is 0 Å². The van der Waals surface area contributed by atoms with Crippen molar-refractivity contribution < 1.29 is 32.3 Å². The third-order valence-electron chi connectivity index (χ3n) is 3.87. The monoisotopic (exact) mass is 420 g/mol. The van der Waals surface area contributed by atoms with Crippen molar-refractivity contribution in [3.8, 4) is 0 Å². The van der Waals surface area contributed by atoms with E-state index in [4.69, 9.17) is 0 Å². The van der Waals surface area contributed by atoms with Crippen molar-refractivity contribution in [3.05, 3.63) is 59.2 Å². The molecule has 0 fully saturated rings. The second-order valence-corrected chi connectivity index (χ2v) is 7.73. The molecule has 0 saturated heterocycles. The maximum Gasteiger partial charge on any atom is 0.339 e. The van der Waals surface area contributed by atoms with Gasteiger partial charge in [-0.1, -0.05) is 6.07 Å². The number of carbonyl (C=O) groups excluding carboxylic acids is 3. The number of sulfonamides is 1. The van der Waals surface area contributed by atoms with Crippen LogP contribution in [0.1, 0.15) is 31.1 Å². The van der Waals surface area contributed by atoms with Gasteiger partial charge < -0.3 is 14.4 Å². The van der Waals surface area contributed by atoms with Gasteiger partial charge in [0.05, 0.1) is 25.3 Å². The molecule has 0 unspecified atom stereocenters. The first-order chi connectivity index (χ1) is 13.6. The summed E-state index contributed by atoms with van der Waals surface area (Å²) in [6.45, 7) is 0. The molecule has 0 spiro atoms. The standard InChI is InChI=1S/C19H20N2O7S/c1-21(2)17(22)12-6-5-7-14(10-12)20-29(25,26)16-11-13(18(23)27-3)8-9-15(16)19(24)28-4/h5-11,20H,1-4H3. The molecule has 2 rings (SSSR count). The van der Waals surface area contributed by atoms with Crippen LogP contribution < -0.4 is 4.72 Å². The normalized spacial score (nSPS) is 10.8. The molecule has 154 valence electrons. The summed E-state index contributed by atoms with van der Waals surface area (Å²) in [7, 11) is 1.09. The fourth-order valence-electron chi connectivity index (χ4n) is 2.45. The number of methoxy groups -OCH3 is 2. The molecule has 0 aliphatic rings. The van der Waals surface area contributed by atoms with Gasteiger partial charge in [0.1, 0.15) is 4.90 Å². The van der Waals surface area contributed by atoms with E-state index in [-0.39, 0.29) is 28.3 Å². The Labute approximate surface area is 168 Å². The fourth-order valence-corrected chi connectivity index (χ4v) is 3.72. The van der Waals surface area contributed by atoms with Gasteiger partial charge in [0.25, 0.3) is 15.9 Å². The smallest absolute Gasteiger partial charge is 0.339 e. The maximum atomic E-state index is 13.0. The first-order valence-corrected chi connectivity index (χ1v) is 9.74. The highest BCUT2D eigenvalue weighted by atomic mass is 32.2. The quantitative estimate of drug-likeness (QED) is 0.707. The summed E-state index contributed by atoms with van der Waals surface area (Å²) in [6, 6.07) is 9.31. The molecule has 0 radical (unpaired) electrons. The lowest BCUT2D eigenvalue weighted by Crippen LogP contribution is -2.22. The van der Waals surface area contributed by atoms with E-state index in [2.05, 4.69) is 14.2 Å². The van der Waals surface area contributed by atoms with Crippen LogP contribution >= 0.6 is 0 Å². The van der Waals surface area contributed by atoms with Crippen molar-refractivity contribution in [2.24, 2.45) is 0 Å². The van der Waals surface area contributed by atoms with Gasteiger partial charge in [0.15, 0.2) is 0 Å². The summed E-state index contributed by atoms with van der Waals surface area (Å²) < 4.78 is 37.5. The minimum absolute atomic E-state index is 0.0583. The topological polar surface area (TPSA) is 119 Å². The number of benzene rings is 2. The lowest BCUT2D eigenvalue weighted by molar-refractivity contribution is 0.0583. The molecular weight excluding hydrogens is 400 g/mol. The van der Waals surface area contributed by atoms with Crippen molar-refractivity contribution in [2.45, 2.75) is 4.90 Å². The number of hydrogen-bond donors (Lipinski definition) is 1. The number of anilines is 1. The molecule has 29 heavy (non-hydrogen) atoms. The molecule has 0 saturated carbocycles. The van der Waals surface area contributed by atoms with Crippen molar-refractivity contribution in [1.82, 2.24) is 4.90 Å². The summed E-state index contributed by atoms with van der Waals surface area (Å²) in [5, 5.41) is 0. The van der Waals surface area contributed by atoms with Gasteiger partial charge in [-0.25, -0.2) is 18.0 Å². The molecule has 0 aromatic heterocycles. The molecule has 0 heterocycles. The average molecular weight is 420 g/mol. The van der Waals surface area contributed by atoms with Crippen molar-refractivity contribution in [2.75, 3.05) is 33.0 Å². The Morgan fingerprint density at radius 3 is 2.14 bits per heavy atom. The zero-order chi connectivity index (χ0) is 21.8. The predicted octanol–water partition coefficient (Wildman–Crippen LogP) is 1.76. The molecule has 9 nitrogen and oxygen atoms in total. The first kappa shape index (κ1) is 21.9. The molecule has 1 amide bonds. The van der Waals surface area contributed by atoms with Crippen LogP contribution in [0, 0.1) is 0 Å². The number of carbonyl (C=O) groups is 3. The van der Waals surface area contributed by atoms with Crippen molar-refractivity contribution >= 4 is 33.6 Å². The second kappa shape index (κ2) is 8.74. The number of nitrogens with one attached hydrogen (secondary N) is 1. The van der Waals surface area contributed by atoms with E-state index in [0.29, 0.717) is 0 Å². The highest BCUT2D eigenvalue weighted by Crippen LogP contribution is 2.23. The molecule has 0 aliphatic carbocycles. The van der Waals surface area contributed by atoms with Gasteiger partial charge in [0.2, 0.25) is 0 Å². The van der Waals surface area contributed by atoms with E-state index < -0.39 is 26.9 Å². The van der Waals surface area contributed by atoms with E-state index in [1.165, 1.54) is 41.3 Å². The fraction of sp³-hybridized carbons (Fsp3) is 0.211. The Hall–Kier alpha value is -3.40. The Morgan fingerprint density at radius 2 is 1.55 bits per heavy atom. The first-order valence-electron chi connectivity index (χ1n) is 8.26. The van der Waals surface area contributed by atoms with Crippen LogP contribution in [0.2, 0.25) is 0 Å². The molecular formula is C19H20N2O7S. The largest absolute Gasteiger partial charge is 0.465 e. The molecule has 2 aromatic carbocycles. The van der Waals surface area contributed by atoms with Crippen LogP contribution in [0.15, 0.2) is 47.4 Å². The van der Waals surface area contributed by atoms with Crippen molar-refractivity contribution in [1.29, 1.82) is 0 Å². The Balaban J connectivity index is 2.52. The van der Waals surface area contributed by atoms with Gasteiger partial charge in [-0.3, -0.25) is 9.52 Å². The minimum atomic E-state index is -4.31. The van der Waals surface area contributed by atoms with Crippen LogP contribution in [0.5, 0.6) is 0 Å². The SMILES string of the molecule is COC(=O)c1ccc(C(=O)OC)c(S(=O)(=O)Nc2cccc(C(=O)N(C)C)c2)c1. The third kappa shape index (κ3) is 4.91. The van der Waals surface area contributed by atoms with E-state index in [9.17, 15) is 22.8 Å². The lowest BCUT2D eigenvalue weighted by Gasteiger charge is -2.14. The highest BCUT2D eigenvalue weighted by Gasteiger charge is 2.25. The molecule has 0 bridgehead atoms. The summed E-state index contributed by atoms with van der Waals surface area (Å²) in [5.41, 5.74) is 0.0638. The van der Waals surface area contributed by atoms with Gasteiger partial charge in [-0.2, -0.15) is 0 Å². The number of rotatable bonds is 6. The van der Waals surface area contributed by atoms with Crippen LogP contribution in [0.25, 0.3) is 0 Å². The minimum Gasteiger partial charge on any atom is -0.465 e. The van der Waals surface area contributed by atoms with Crippen LogP contribution in [0.4, 0.5) is 5.69 Å². The summed E-state index contributed by atoms with van der Waals surface area (Å²) in [6.07, 6.45) is 0. The zero-order valence-corrected chi connectivity index (χ0v) is 17.1. The third-order valence-corrected chi connectivity index (χ3v) is 5.29. The predicted molar refractivity (Wildman–Crippen MR) is 104 cm³/mol. The number of nitrogens with zero attached hydrogens (tertiary/aromatic N) is 1. The van der Waals surface area contributed by atoms with Gasteiger partial charge in [-0.05, 0) is 36.4 Å². The van der Waals surface area contributed by atoms with E-state index in [1.54, 1.807) is 14.1 Å². The molecule has 2 aromatic rings. The second-order valence-electron chi connectivity index (χ2n) is 6.08. The highest BCUT2D eigenvalue weighted by molar-refractivity contribution is 7.92. The summed E-state index contributed by atoms with van der Waals surface area (Å²) in [5.74, 6) is -1.97. The number of ether oxygens (including phenoxy) is 2. The lowest BCUT2D eigenvalue weighted by atomic mass is 10.1. The Kier molecular flexibility index (Phi) is 6.60.